The van der Waals surface area contributed by atoms with Gasteiger partial charge in [0.15, 0.2) is 0 Å². The molecule has 0 saturated heterocycles. The van der Waals surface area contributed by atoms with Gasteiger partial charge in [0.2, 0.25) is 0 Å². The first-order valence-electron chi connectivity index (χ1n) is 6.26. The van der Waals surface area contributed by atoms with E-state index >= 15 is 0 Å². The molecule has 17 heavy (non-hydrogen) atoms. The lowest BCUT2D eigenvalue weighted by molar-refractivity contribution is 0.653. The molecule has 0 N–H and O–H groups in total. The summed E-state index contributed by atoms with van der Waals surface area (Å²) in [6, 6.07) is 2.27. The molecule has 0 aliphatic carbocycles. The maximum Gasteiger partial charge on any atom is 0.135 e. The zero-order valence-corrected chi connectivity index (χ0v) is 12.1. The van der Waals surface area contributed by atoms with Gasteiger partial charge in [-0.15, -0.1) is 0 Å². The summed E-state index contributed by atoms with van der Waals surface area (Å²) in [7, 11) is 0. The fourth-order valence-corrected chi connectivity index (χ4v) is 1.89. The molecular formula is C13H22ClN3. The van der Waals surface area contributed by atoms with E-state index in [1.165, 1.54) is 0 Å². The van der Waals surface area contributed by atoms with E-state index in [0.29, 0.717) is 17.1 Å². The average molecular weight is 256 g/mol. The van der Waals surface area contributed by atoms with Crippen molar-refractivity contribution >= 4 is 17.4 Å². The fourth-order valence-electron chi connectivity index (χ4n) is 1.71. The Morgan fingerprint density at radius 3 is 2.35 bits per heavy atom. The summed E-state index contributed by atoms with van der Waals surface area (Å²) in [5.74, 6) is 2.04. The van der Waals surface area contributed by atoms with Crippen LogP contribution in [0.2, 0.25) is 5.15 Å². The Bertz CT molecular complexity index is 364. The molecule has 0 aliphatic rings. The normalized spacial score (nSPS) is 11.3. The van der Waals surface area contributed by atoms with Crippen LogP contribution in [0.5, 0.6) is 0 Å². The van der Waals surface area contributed by atoms with E-state index in [1.807, 2.05) is 6.07 Å². The predicted molar refractivity (Wildman–Crippen MR) is 73.9 cm³/mol. The van der Waals surface area contributed by atoms with Crippen LogP contribution in [0.3, 0.4) is 0 Å². The highest BCUT2D eigenvalue weighted by Crippen LogP contribution is 2.21. The molecule has 0 fully saturated rings. The monoisotopic (exact) mass is 255 g/mol. The summed E-state index contributed by atoms with van der Waals surface area (Å²) < 4.78 is 0. The summed E-state index contributed by atoms with van der Waals surface area (Å²) in [4.78, 5) is 11.1. The Morgan fingerprint density at radius 1 is 1.24 bits per heavy atom. The van der Waals surface area contributed by atoms with Gasteiger partial charge in [0.05, 0.1) is 0 Å². The molecule has 3 nitrogen and oxygen atoms in total. The number of halogens is 1. The van der Waals surface area contributed by atoms with E-state index in [0.717, 1.165) is 24.6 Å². The smallest absolute Gasteiger partial charge is 0.135 e. The van der Waals surface area contributed by atoms with Crippen molar-refractivity contribution in [1.29, 1.82) is 0 Å². The molecule has 1 heterocycles. The van der Waals surface area contributed by atoms with E-state index in [-0.39, 0.29) is 0 Å². The molecule has 1 aromatic rings. The van der Waals surface area contributed by atoms with E-state index < -0.39 is 0 Å². The molecule has 96 valence electrons. The van der Waals surface area contributed by atoms with Crippen molar-refractivity contribution in [2.24, 2.45) is 0 Å². The minimum Gasteiger partial charge on any atom is -0.354 e. The van der Waals surface area contributed by atoms with E-state index in [4.69, 9.17) is 11.6 Å². The molecule has 0 radical (unpaired) electrons. The molecule has 0 bridgehead atoms. The summed E-state index contributed by atoms with van der Waals surface area (Å²) in [6.45, 7) is 11.6. The molecule has 4 heteroatoms. The first-order valence-corrected chi connectivity index (χ1v) is 6.64. The largest absolute Gasteiger partial charge is 0.354 e. The van der Waals surface area contributed by atoms with Crippen LogP contribution in [0.1, 0.15) is 52.8 Å². The van der Waals surface area contributed by atoms with Crippen molar-refractivity contribution in [3.8, 4) is 0 Å². The Labute approximate surface area is 109 Å². The second kappa shape index (κ2) is 6.20. The highest BCUT2D eigenvalue weighted by atomic mass is 35.5. The number of nitrogens with zero attached hydrogens (tertiary/aromatic N) is 3. The number of rotatable bonds is 5. The third-order valence-corrected chi connectivity index (χ3v) is 2.79. The van der Waals surface area contributed by atoms with Gasteiger partial charge >= 0.3 is 0 Å². The second-order valence-corrected chi connectivity index (χ2v) is 5.24. The maximum absolute atomic E-state index is 6.07. The molecule has 0 aromatic carbocycles. The van der Waals surface area contributed by atoms with Gasteiger partial charge in [-0.3, -0.25) is 0 Å². The van der Waals surface area contributed by atoms with Gasteiger partial charge in [0.25, 0.3) is 0 Å². The molecule has 0 atom stereocenters. The minimum atomic E-state index is 0.295. The molecule has 0 unspecified atom stereocenters. The standard InChI is InChI=1S/C13H22ClN3/c1-6-7-17(10(4)5)12-8-11(14)15-13(16-12)9(2)3/h8-10H,6-7H2,1-5H3. The highest BCUT2D eigenvalue weighted by Gasteiger charge is 2.14. The van der Waals surface area contributed by atoms with E-state index in [1.54, 1.807) is 0 Å². The van der Waals surface area contributed by atoms with Crippen molar-refractivity contribution in [3.63, 3.8) is 0 Å². The van der Waals surface area contributed by atoms with Gasteiger partial charge in [-0.05, 0) is 20.3 Å². The van der Waals surface area contributed by atoms with E-state index in [2.05, 4.69) is 49.5 Å². The van der Waals surface area contributed by atoms with Gasteiger partial charge < -0.3 is 4.90 Å². The van der Waals surface area contributed by atoms with Crippen molar-refractivity contribution in [2.75, 3.05) is 11.4 Å². The van der Waals surface area contributed by atoms with Crippen LogP contribution in [0.4, 0.5) is 5.82 Å². The lowest BCUT2D eigenvalue weighted by Crippen LogP contribution is -2.32. The van der Waals surface area contributed by atoms with Crippen LogP contribution >= 0.6 is 11.6 Å². The Kier molecular flexibility index (Phi) is 5.19. The fraction of sp³-hybridized carbons (Fsp3) is 0.692. The Balaban J connectivity index is 3.10. The van der Waals surface area contributed by atoms with E-state index in [9.17, 15) is 0 Å². The molecule has 0 amide bonds. The quantitative estimate of drug-likeness (QED) is 0.748. The number of hydrogen-bond donors (Lipinski definition) is 0. The molecule has 1 rings (SSSR count). The third-order valence-electron chi connectivity index (χ3n) is 2.60. The molecule has 0 spiro atoms. The van der Waals surface area contributed by atoms with Crippen LogP contribution in [0, 0.1) is 0 Å². The summed E-state index contributed by atoms with van der Waals surface area (Å²) in [5, 5.41) is 0.528. The van der Waals surface area contributed by atoms with Gasteiger partial charge in [-0.1, -0.05) is 32.4 Å². The first-order chi connectivity index (χ1) is 7.95. The lowest BCUT2D eigenvalue weighted by Gasteiger charge is -2.28. The zero-order chi connectivity index (χ0) is 13.0. The highest BCUT2D eigenvalue weighted by molar-refractivity contribution is 6.29. The maximum atomic E-state index is 6.07. The number of hydrogen-bond acceptors (Lipinski definition) is 3. The van der Waals surface area contributed by atoms with Crippen LogP contribution in [-0.4, -0.2) is 22.6 Å². The van der Waals surface area contributed by atoms with Crippen molar-refractivity contribution in [2.45, 2.75) is 53.0 Å². The lowest BCUT2D eigenvalue weighted by atomic mass is 10.2. The zero-order valence-electron chi connectivity index (χ0n) is 11.4. The number of aromatic nitrogens is 2. The van der Waals surface area contributed by atoms with Crippen molar-refractivity contribution < 1.29 is 0 Å². The van der Waals surface area contributed by atoms with Gasteiger partial charge in [-0.25, -0.2) is 9.97 Å². The summed E-state index contributed by atoms with van der Waals surface area (Å²) in [6.07, 6.45) is 1.09. The molecule has 0 aliphatic heterocycles. The van der Waals surface area contributed by atoms with Crippen LogP contribution in [0.25, 0.3) is 0 Å². The Hall–Kier alpha value is -0.830. The topological polar surface area (TPSA) is 29.0 Å². The van der Waals surface area contributed by atoms with Crippen LogP contribution < -0.4 is 4.90 Å². The number of anilines is 1. The van der Waals surface area contributed by atoms with Crippen LogP contribution in [0.15, 0.2) is 6.07 Å². The van der Waals surface area contributed by atoms with Crippen LogP contribution in [-0.2, 0) is 0 Å². The van der Waals surface area contributed by atoms with Gasteiger partial charge in [-0.2, -0.15) is 0 Å². The minimum absolute atomic E-state index is 0.295. The van der Waals surface area contributed by atoms with Gasteiger partial charge in [0.1, 0.15) is 16.8 Å². The second-order valence-electron chi connectivity index (χ2n) is 4.85. The third kappa shape index (κ3) is 3.84. The first kappa shape index (κ1) is 14.2. The average Bonchev–Trinajstić information content (AvgIpc) is 2.24. The summed E-state index contributed by atoms with van der Waals surface area (Å²) >= 11 is 6.07. The SMILES string of the molecule is CCCN(c1cc(Cl)nc(C(C)C)n1)C(C)C. The molecular weight excluding hydrogens is 234 g/mol. The van der Waals surface area contributed by atoms with Crippen molar-refractivity contribution in [3.05, 3.63) is 17.0 Å². The Morgan fingerprint density at radius 2 is 1.88 bits per heavy atom. The van der Waals surface area contributed by atoms with Gasteiger partial charge in [0, 0.05) is 24.6 Å². The molecule has 1 aromatic heterocycles. The molecule has 0 saturated carbocycles. The predicted octanol–water partition coefficient (Wildman–Crippen LogP) is 3.88. The summed E-state index contributed by atoms with van der Waals surface area (Å²) in [5.41, 5.74) is 0. The van der Waals surface area contributed by atoms with Crippen molar-refractivity contribution in [1.82, 2.24) is 9.97 Å².